The number of H-pyrrole nitrogens is 1. The van der Waals surface area contributed by atoms with E-state index in [1.807, 2.05) is 65.6 Å². The molecule has 0 amide bonds. The van der Waals surface area contributed by atoms with Gasteiger partial charge in [-0.1, -0.05) is 23.7 Å². The fourth-order valence-corrected chi connectivity index (χ4v) is 2.95. The monoisotopic (exact) mass is 350 g/mol. The SMILES string of the molecule is COc1ccccc1N(c1ccc2cc(Cl)ccc2n1)c1ccn[nH]1. The van der Waals surface area contributed by atoms with Crippen LogP contribution in [0.4, 0.5) is 17.3 Å². The normalized spacial score (nSPS) is 10.8. The molecular formula is C19H15ClN4O. The number of benzene rings is 2. The average Bonchev–Trinajstić information content (AvgIpc) is 3.16. The number of ether oxygens (including phenoxy) is 1. The van der Waals surface area contributed by atoms with Gasteiger partial charge in [0.1, 0.15) is 17.4 Å². The Kier molecular flexibility index (Phi) is 3.99. The molecule has 0 unspecified atom stereocenters. The molecule has 2 heterocycles. The summed E-state index contributed by atoms with van der Waals surface area (Å²) in [5.74, 6) is 2.30. The third-order valence-corrected chi connectivity index (χ3v) is 4.15. The topological polar surface area (TPSA) is 54.0 Å². The van der Waals surface area contributed by atoms with Crippen molar-refractivity contribution >= 4 is 39.8 Å². The number of rotatable bonds is 4. The molecule has 0 fully saturated rings. The second kappa shape index (κ2) is 6.45. The van der Waals surface area contributed by atoms with Crippen molar-refractivity contribution in [2.24, 2.45) is 0 Å². The van der Waals surface area contributed by atoms with Crippen LogP contribution in [0, 0.1) is 0 Å². The van der Waals surface area contributed by atoms with Crippen molar-refractivity contribution in [3.8, 4) is 5.75 Å². The van der Waals surface area contributed by atoms with Gasteiger partial charge >= 0.3 is 0 Å². The highest BCUT2D eigenvalue weighted by Gasteiger charge is 2.18. The highest BCUT2D eigenvalue weighted by atomic mass is 35.5. The van der Waals surface area contributed by atoms with Crippen LogP contribution in [0.1, 0.15) is 0 Å². The molecule has 0 bridgehead atoms. The lowest BCUT2D eigenvalue weighted by Crippen LogP contribution is -2.13. The van der Waals surface area contributed by atoms with Gasteiger partial charge in [0.05, 0.1) is 24.5 Å². The van der Waals surface area contributed by atoms with Crippen molar-refractivity contribution in [3.05, 3.63) is 71.9 Å². The Hall–Kier alpha value is -3.05. The minimum Gasteiger partial charge on any atom is -0.495 e. The number of para-hydroxylation sites is 2. The van der Waals surface area contributed by atoms with E-state index in [9.17, 15) is 0 Å². The first-order valence-electron chi connectivity index (χ1n) is 7.75. The highest BCUT2D eigenvalue weighted by Crippen LogP contribution is 2.38. The summed E-state index contributed by atoms with van der Waals surface area (Å²) in [7, 11) is 1.65. The third kappa shape index (κ3) is 2.90. The number of aromatic nitrogens is 3. The summed E-state index contributed by atoms with van der Waals surface area (Å²) in [6, 6.07) is 19.3. The predicted molar refractivity (Wildman–Crippen MR) is 100 cm³/mol. The molecule has 0 spiro atoms. The largest absolute Gasteiger partial charge is 0.495 e. The number of fused-ring (bicyclic) bond motifs is 1. The van der Waals surface area contributed by atoms with Gasteiger partial charge in [0.15, 0.2) is 0 Å². The first kappa shape index (κ1) is 15.5. The average molecular weight is 351 g/mol. The summed E-state index contributed by atoms with van der Waals surface area (Å²) in [5.41, 5.74) is 1.73. The molecule has 1 N–H and O–H groups in total. The summed E-state index contributed by atoms with van der Waals surface area (Å²) < 4.78 is 5.53. The summed E-state index contributed by atoms with van der Waals surface area (Å²) in [4.78, 5) is 6.76. The number of methoxy groups -OCH3 is 1. The molecule has 2 aromatic heterocycles. The lowest BCUT2D eigenvalue weighted by atomic mass is 10.2. The van der Waals surface area contributed by atoms with Crippen molar-refractivity contribution in [2.45, 2.75) is 0 Å². The van der Waals surface area contributed by atoms with Gasteiger partial charge in [-0.25, -0.2) is 4.98 Å². The quantitative estimate of drug-likeness (QED) is 0.557. The number of nitrogens with one attached hydrogen (secondary N) is 1. The maximum Gasteiger partial charge on any atom is 0.142 e. The van der Waals surface area contributed by atoms with Crippen molar-refractivity contribution in [1.29, 1.82) is 0 Å². The fraction of sp³-hybridized carbons (Fsp3) is 0.0526. The standard InChI is InChI=1S/C19H15ClN4O/c1-25-17-5-3-2-4-16(17)24(19-10-11-21-23-19)18-9-6-13-12-14(20)7-8-15(13)22-18/h2-12H,1H3,(H,21,23). The Balaban J connectivity index is 1.91. The van der Waals surface area contributed by atoms with E-state index in [1.165, 1.54) is 0 Å². The third-order valence-electron chi connectivity index (χ3n) is 3.92. The summed E-state index contributed by atoms with van der Waals surface area (Å²) >= 11 is 6.07. The first-order valence-corrected chi connectivity index (χ1v) is 8.13. The molecule has 124 valence electrons. The molecule has 2 aromatic carbocycles. The van der Waals surface area contributed by atoms with E-state index in [1.54, 1.807) is 13.3 Å². The van der Waals surface area contributed by atoms with Crippen LogP contribution in [0.15, 0.2) is 66.9 Å². The van der Waals surface area contributed by atoms with Crippen LogP contribution < -0.4 is 9.64 Å². The Labute approximate surface area is 149 Å². The Morgan fingerprint density at radius 3 is 2.72 bits per heavy atom. The number of pyridine rings is 1. The van der Waals surface area contributed by atoms with Gasteiger partial charge in [0.2, 0.25) is 0 Å². The Morgan fingerprint density at radius 2 is 1.92 bits per heavy atom. The Morgan fingerprint density at radius 1 is 1.04 bits per heavy atom. The van der Waals surface area contributed by atoms with Crippen molar-refractivity contribution in [2.75, 3.05) is 12.0 Å². The van der Waals surface area contributed by atoms with Gasteiger partial charge in [0, 0.05) is 16.5 Å². The molecule has 6 heteroatoms. The van der Waals surface area contributed by atoms with Gasteiger partial charge < -0.3 is 4.74 Å². The van der Waals surface area contributed by atoms with E-state index in [4.69, 9.17) is 21.3 Å². The zero-order valence-corrected chi connectivity index (χ0v) is 14.2. The molecule has 0 radical (unpaired) electrons. The molecule has 25 heavy (non-hydrogen) atoms. The van der Waals surface area contributed by atoms with Crippen LogP contribution in [-0.2, 0) is 0 Å². The molecule has 4 aromatic rings. The molecule has 0 aliphatic carbocycles. The van der Waals surface area contributed by atoms with Gasteiger partial charge in [-0.3, -0.25) is 10.00 Å². The van der Waals surface area contributed by atoms with Gasteiger partial charge in [0.25, 0.3) is 0 Å². The van der Waals surface area contributed by atoms with E-state index in [-0.39, 0.29) is 0 Å². The van der Waals surface area contributed by atoms with E-state index >= 15 is 0 Å². The number of halogens is 1. The summed E-state index contributed by atoms with van der Waals surface area (Å²) in [6.07, 6.45) is 1.71. The molecule has 4 rings (SSSR count). The fourth-order valence-electron chi connectivity index (χ4n) is 2.77. The molecule has 0 aliphatic heterocycles. The second-order valence-electron chi connectivity index (χ2n) is 5.46. The second-order valence-corrected chi connectivity index (χ2v) is 5.89. The van der Waals surface area contributed by atoms with Crippen molar-refractivity contribution < 1.29 is 4.74 Å². The van der Waals surface area contributed by atoms with E-state index in [2.05, 4.69) is 10.2 Å². The van der Waals surface area contributed by atoms with Gasteiger partial charge in [-0.15, -0.1) is 0 Å². The number of anilines is 3. The molecule has 5 nitrogen and oxygen atoms in total. The minimum atomic E-state index is 0.692. The minimum absolute atomic E-state index is 0.692. The number of hydrogen-bond acceptors (Lipinski definition) is 4. The van der Waals surface area contributed by atoms with Crippen molar-refractivity contribution in [1.82, 2.24) is 15.2 Å². The van der Waals surface area contributed by atoms with E-state index in [0.29, 0.717) is 5.02 Å². The van der Waals surface area contributed by atoms with E-state index in [0.717, 1.165) is 34.0 Å². The number of hydrogen-bond donors (Lipinski definition) is 1. The highest BCUT2D eigenvalue weighted by molar-refractivity contribution is 6.31. The van der Waals surface area contributed by atoms with Crippen LogP contribution in [-0.4, -0.2) is 22.3 Å². The number of aromatic amines is 1. The number of nitrogens with zero attached hydrogens (tertiary/aromatic N) is 3. The van der Waals surface area contributed by atoms with Crippen molar-refractivity contribution in [3.63, 3.8) is 0 Å². The zero-order chi connectivity index (χ0) is 17.2. The van der Waals surface area contributed by atoms with E-state index < -0.39 is 0 Å². The Bertz CT molecular complexity index is 1020. The molecule has 0 atom stereocenters. The molecule has 0 saturated carbocycles. The molecule has 0 saturated heterocycles. The van der Waals surface area contributed by atoms with Gasteiger partial charge in [-0.2, -0.15) is 5.10 Å². The van der Waals surface area contributed by atoms with Crippen LogP contribution in [0.5, 0.6) is 5.75 Å². The lowest BCUT2D eigenvalue weighted by molar-refractivity contribution is 0.416. The van der Waals surface area contributed by atoms with Crippen LogP contribution in [0.25, 0.3) is 10.9 Å². The first-order chi connectivity index (χ1) is 12.3. The van der Waals surface area contributed by atoms with Gasteiger partial charge in [-0.05, 0) is 42.5 Å². The van der Waals surface area contributed by atoms with Crippen LogP contribution in [0.2, 0.25) is 5.02 Å². The maximum absolute atomic E-state index is 6.07. The maximum atomic E-state index is 6.07. The van der Waals surface area contributed by atoms with Crippen LogP contribution >= 0.6 is 11.6 Å². The smallest absolute Gasteiger partial charge is 0.142 e. The molecular weight excluding hydrogens is 336 g/mol. The predicted octanol–water partition coefficient (Wildman–Crippen LogP) is 5.09. The zero-order valence-electron chi connectivity index (χ0n) is 13.5. The lowest BCUT2D eigenvalue weighted by Gasteiger charge is -2.24. The summed E-state index contributed by atoms with van der Waals surface area (Å²) in [5, 5.41) is 8.75. The molecule has 0 aliphatic rings. The van der Waals surface area contributed by atoms with Crippen LogP contribution in [0.3, 0.4) is 0 Å². The summed E-state index contributed by atoms with van der Waals surface area (Å²) in [6.45, 7) is 0.